The van der Waals surface area contributed by atoms with Gasteiger partial charge >= 0.3 is 0 Å². The average Bonchev–Trinajstić information content (AvgIpc) is 2.69. The molecule has 0 amide bonds. The van der Waals surface area contributed by atoms with Crippen molar-refractivity contribution in [3.63, 3.8) is 0 Å². The smallest absolute Gasteiger partial charge is 0.146 e. The number of aliphatic imine (C=N–C) groups is 1. The van der Waals surface area contributed by atoms with Gasteiger partial charge in [0, 0.05) is 24.9 Å². The molecule has 1 aromatic rings. The lowest BCUT2D eigenvalue weighted by Crippen LogP contribution is -2.29. The highest BCUT2D eigenvalue weighted by Gasteiger charge is 2.15. The molecule has 7 heteroatoms. The van der Waals surface area contributed by atoms with Crippen LogP contribution in [-0.2, 0) is 4.74 Å². The molecule has 7 nitrogen and oxygen atoms in total. The Kier molecular flexibility index (Phi) is 8.71. The summed E-state index contributed by atoms with van der Waals surface area (Å²) in [5.74, 6) is 0.484. The Hall–Kier alpha value is -2.64. The van der Waals surface area contributed by atoms with E-state index in [0.29, 0.717) is 36.9 Å². The maximum Gasteiger partial charge on any atom is 0.146 e. The quantitative estimate of drug-likeness (QED) is 0.345. The maximum absolute atomic E-state index is 9.16. The average molecular weight is 386 g/mol. The highest BCUT2D eigenvalue weighted by molar-refractivity contribution is 6.22. The Balaban J connectivity index is 2.14. The van der Waals surface area contributed by atoms with Crippen LogP contribution in [0, 0.1) is 5.41 Å². The number of nitrogens with two attached hydrogens (primary N) is 1. The van der Waals surface area contributed by atoms with Crippen LogP contribution in [0.3, 0.4) is 0 Å². The molecular formula is C21H30N4O3. The number of nitrogens with zero attached hydrogens (tertiary/aromatic N) is 2. The fraction of sp³-hybridized carbons (Fsp3) is 0.429. The lowest BCUT2D eigenvalue weighted by atomic mass is 10.1. The topological polar surface area (TPSA) is 115 Å². The van der Waals surface area contributed by atoms with E-state index in [1.54, 1.807) is 12.2 Å². The van der Waals surface area contributed by atoms with Gasteiger partial charge in [-0.25, -0.2) is 4.99 Å². The Morgan fingerprint density at radius 2 is 1.75 bits per heavy atom. The number of hydrogen-bond donors (Lipinski definition) is 4. The first-order valence-corrected chi connectivity index (χ1v) is 9.65. The van der Waals surface area contributed by atoms with E-state index < -0.39 is 0 Å². The summed E-state index contributed by atoms with van der Waals surface area (Å²) < 4.78 is 5.72. The van der Waals surface area contributed by atoms with Crippen molar-refractivity contribution in [2.75, 3.05) is 37.8 Å². The molecule has 0 spiro atoms. The molecule has 5 N–H and O–H groups in total. The molecule has 0 heterocycles. The third kappa shape index (κ3) is 6.21. The molecule has 0 saturated carbocycles. The van der Waals surface area contributed by atoms with Gasteiger partial charge in [-0.2, -0.15) is 0 Å². The van der Waals surface area contributed by atoms with Crippen molar-refractivity contribution in [1.29, 1.82) is 5.41 Å². The van der Waals surface area contributed by atoms with Gasteiger partial charge in [0.15, 0.2) is 0 Å². The molecular weight excluding hydrogens is 356 g/mol. The van der Waals surface area contributed by atoms with Crippen LogP contribution in [0.15, 0.2) is 52.9 Å². The van der Waals surface area contributed by atoms with E-state index >= 15 is 0 Å². The zero-order valence-corrected chi connectivity index (χ0v) is 16.4. The van der Waals surface area contributed by atoms with Crippen LogP contribution in [0.2, 0.25) is 0 Å². The molecule has 0 aromatic heterocycles. The summed E-state index contributed by atoms with van der Waals surface area (Å²) in [6, 6.07) is 7.49. The molecule has 1 aliphatic carbocycles. The number of unbranched alkanes of at least 4 members (excludes halogenated alkanes) is 2. The number of ether oxygens (including phenoxy) is 1. The zero-order valence-electron chi connectivity index (χ0n) is 16.4. The Morgan fingerprint density at radius 1 is 1.07 bits per heavy atom. The van der Waals surface area contributed by atoms with E-state index in [1.807, 2.05) is 29.2 Å². The van der Waals surface area contributed by atoms with Crippen molar-refractivity contribution in [3.05, 3.63) is 47.9 Å². The molecule has 0 unspecified atom stereocenters. The van der Waals surface area contributed by atoms with Gasteiger partial charge in [-0.3, -0.25) is 5.41 Å². The van der Waals surface area contributed by atoms with Crippen molar-refractivity contribution in [2.45, 2.75) is 26.2 Å². The van der Waals surface area contributed by atoms with Gasteiger partial charge in [0.1, 0.15) is 5.76 Å². The summed E-state index contributed by atoms with van der Waals surface area (Å²) >= 11 is 0. The monoisotopic (exact) mass is 386 g/mol. The number of allylic oxidation sites excluding steroid dienone is 2. The van der Waals surface area contributed by atoms with E-state index in [4.69, 9.17) is 26.1 Å². The minimum atomic E-state index is 0.0170. The number of aliphatic hydroxyl groups excluding tert-OH is 2. The molecule has 0 atom stereocenters. The number of rotatable bonds is 11. The number of benzene rings is 1. The second kappa shape index (κ2) is 11.3. The molecule has 1 aliphatic rings. The Bertz CT molecular complexity index is 733. The molecule has 0 bridgehead atoms. The van der Waals surface area contributed by atoms with Crippen molar-refractivity contribution >= 4 is 22.8 Å². The van der Waals surface area contributed by atoms with Gasteiger partial charge < -0.3 is 25.6 Å². The van der Waals surface area contributed by atoms with E-state index in [9.17, 15) is 0 Å². The van der Waals surface area contributed by atoms with Gasteiger partial charge in [0.25, 0.3) is 0 Å². The summed E-state index contributed by atoms with van der Waals surface area (Å²) in [6.07, 6.45) is 6.43. The summed E-state index contributed by atoms with van der Waals surface area (Å²) in [5.41, 5.74) is 8.91. The van der Waals surface area contributed by atoms with Crippen molar-refractivity contribution < 1.29 is 14.9 Å². The number of aliphatic hydroxyl groups is 2. The highest BCUT2D eigenvalue weighted by atomic mass is 16.5. The number of nitrogens with one attached hydrogen (secondary N) is 1. The summed E-state index contributed by atoms with van der Waals surface area (Å²) in [5, 5.41) is 26.4. The molecule has 0 fully saturated rings. The predicted octanol–water partition coefficient (Wildman–Crippen LogP) is 2.52. The van der Waals surface area contributed by atoms with E-state index in [-0.39, 0.29) is 18.9 Å². The van der Waals surface area contributed by atoms with Crippen molar-refractivity contribution in [3.8, 4) is 0 Å². The Morgan fingerprint density at radius 3 is 2.36 bits per heavy atom. The lowest BCUT2D eigenvalue weighted by Gasteiger charge is -2.22. The van der Waals surface area contributed by atoms with E-state index in [0.717, 1.165) is 30.6 Å². The van der Waals surface area contributed by atoms with E-state index in [1.165, 1.54) is 0 Å². The molecule has 152 valence electrons. The minimum Gasteiger partial charge on any atom is -0.491 e. The van der Waals surface area contributed by atoms with Gasteiger partial charge in [0.05, 0.1) is 42.6 Å². The fourth-order valence-electron chi connectivity index (χ4n) is 2.82. The van der Waals surface area contributed by atoms with Crippen LogP contribution >= 0.6 is 0 Å². The largest absolute Gasteiger partial charge is 0.491 e. The van der Waals surface area contributed by atoms with Gasteiger partial charge in [-0.1, -0.05) is 19.8 Å². The van der Waals surface area contributed by atoms with Crippen LogP contribution in [0.25, 0.3) is 0 Å². The second-order valence-electron chi connectivity index (χ2n) is 6.53. The minimum absolute atomic E-state index is 0.0170. The van der Waals surface area contributed by atoms with Crippen LogP contribution < -0.4 is 10.6 Å². The first kappa shape index (κ1) is 21.7. The third-order valence-electron chi connectivity index (χ3n) is 4.34. The third-order valence-corrected chi connectivity index (χ3v) is 4.34. The van der Waals surface area contributed by atoms with Crippen LogP contribution in [0.4, 0.5) is 11.4 Å². The first-order chi connectivity index (χ1) is 13.6. The summed E-state index contributed by atoms with van der Waals surface area (Å²) in [4.78, 5) is 6.47. The van der Waals surface area contributed by atoms with Gasteiger partial charge in [-0.15, -0.1) is 0 Å². The highest BCUT2D eigenvalue weighted by Crippen LogP contribution is 2.22. The summed E-state index contributed by atoms with van der Waals surface area (Å²) in [7, 11) is 0. The molecule has 0 saturated heterocycles. The first-order valence-electron chi connectivity index (χ1n) is 9.65. The normalized spacial score (nSPS) is 15.4. The Labute approximate surface area is 166 Å². The molecule has 0 radical (unpaired) electrons. The SMILES string of the molecule is CCCCCOC1=C/C(=N/c2ccc(N(CCO)CCO)cc2)C(N)=CC1=N. The van der Waals surface area contributed by atoms with Crippen molar-refractivity contribution in [1.82, 2.24) is 0 Å². The summed E-state index contributed by atoms with van der Waals surface area (Å²) in [6.45, 7) is 3.64. The van der Waals surface area contributed by atoms with Crippen LogP contribution in [-0.4, -0.2) is 54.5 Å². The molecule has 0 aliphatic heterocycles. The predicted molar refractivity (Wildman–Crippen MR) is 113 cm³/mol. The standard InChI is InChI=1S/C21H30N4O3/c1-2-3-4-13-28-21-15-20(18(22)14-19(21)23)24-16-5-7-17(8-6-16)25(9-11-26)10-12-27/h5-8,14-15,23,26-27H,2-4,9-13,22H2,1H3/b23-19?,24-20-. The maximum atomic E-state index is 9.16. The number of hydrogen-bond acceptors (Lipinski definition) is 7. The van der Waals surface area contributed by atoms with Gasteiger partial charge in [0.2, 0.25) is 0 Å². The lowest BCUT2D eigenvalue weighted by molar-refractivity contribution is 0.224. The van der Waals surface area contributed by atoms with Crippen LogP contribution in [0.5, 0.6) is 0 Å². The molecule has 1 aromatic carbocycles. The zero-order chi connectivity index (χ0) is 20.4. The molecule has 2 rings (SSSR count). The fourth-order valence-corrected chi connectivity index (χ4v) is 2.82. The number of anilines is 1. The van der Waals surface area contributed by atoms with Gasteiger partial charge in [-0.05, 0) is 36.8 Å². The second-order valence-corrected chi connectivity index (χ2v) is 6.53. The van der Waals surface area contributed by atoms with Crippen molar-refractivity contribution in [2.24, 2.45) is 10.7 Å². The molecule has 28 heavy (non-hydrogen) atoms. The van der Waals surface area contributed by atoms with Crippen LogP contribution in [0.1, 0.15) is 26.2 Å². The van der Waals surface area contributed by atoms with E-state index in [2.05, 4.69) is 11.9 Å².